The molecular weight excluding hydrogens is 346 g/mol. The van der Waals surface area contributed by atoms with Gasteiger partial charge in [-0.2, -0.15) is 10.2 Å². The molecule has 0 radical (unpaired) electrons. The Bertz CT molecular complexity index is 854. The molecule has 2 N–H and O–H groups in total. The van der Waals surface area contributed by atoms with Gasteiger partial charge in [-0.15, -0.1) is 0 Å². The zero-order valence-corrected chi connectivity index (χ0v) is 15.7. The van der Waals surface area contributed by atoms with Crippen molar-refractivity contribution in [3.05, 3.63) is 34.9 Å². The van der Waals surface area contributed by atoms with E-state index in [9.17, 15) is 9.59 Å². The average molecular weight is 371 g/mol. The third-order valence-corrected chi connectivity index (χ3v) is 5.16. The third kappa shape index (κ3) is 3.54. The molecule has 0 spiro atoms. The number of carbonyl (C=O) groups excluding carboxylic acids is 2. The van der Waals surface area contributed by atoms with E-state index in [0.29, 0.717) is 39.3 Å². The Kier molecular flexibility index (Phi) is 4.59. The molecule has 2 aliphatic heterocycles. The van der Waals surface area contributed by atoms with Crippen LogP contribution in [0.25, 0.3) is 0 Å². The maximum atomic E-state index is 12.5. The summed E-state index contributed by atoms with van der Waals surface area (Å²) in [5.41, 5.74) is 4.02. The van der Waals surface area contributed by atoms with Crippen LogP contribution in [0.4, 0.5) is 4.79 Å². The molecule has 0 atom stereocenters. The van der Waals surface area contributed by atoms with Crippen LogP contribution >= 0.6 is 0 Å². The van der Waals surface area contributed by atoms with Gasteiger partial charge in [-0.05, 0) is 6.07 Å². The second-order valence-electron chi connectivity index (χ2n) is 7.47. The van der Waals surface area contributed by atoms with Gasteiger partial charge in [-0.25, -0.2) is 4.79 Å². The molecule has 0 aliphatic carbocycles. The molecule has 3 amide bonds. The van der Waals surface area contributed by atoms with Gasteiger partial charge in [0, 0.05) is 36.7 Å². The van der Waals surface area contributed by atoms with Crippen LogP contribution < -0.4 is 5.32 Å². The Morgan fingerprint density at radius 2 is 2.07 bits per heavy atom. The summed E-state index contributed by atoms with van der Waals surface area (Å²) in [6, 6.07) is 1.88. The van der Waals surface area contributed by atoms with E-state index in [-0.39, 0.29) is 17.9 Å². The molecule has 9 nitrogen and oxygen atoms in total. The molecule has 0 bridgehead atoms. The Hall–Kier alpha value is -2.84. The Balaban J connectivity index is 1.34. The molecule has 2 aromatic heterocycles. The fourth-order valence-corrected chi connectivity index (χ4v) is 3.64. The summed E-state index contributed by atoms with van der Waals surface area (Å²) in [4.78, 5) is 28.3. The van der Waals surface area contributed by atoms with Gasteiger partial charge >= 0.3 is 6.03 Å². The lowest BCUT2D eigenvalue weighted by atomic mass is 10.1. The molecule has 4 heterocycles. The third-order valence-electron chi connectivity index (χ3n) is 5.16. The molecule has 0 saturated carbocycles. The zero-order valence-electron chi connectivity index (χ0n) is 15.7. The van der Waals surface area contributed by atoms with Crippen LogP contribution in [0.5, 0.6) is 0 Å². The number of nitrogens with one attached hydrogen (secondary N) is 2. The first kappa shape index (κ1) is 17.6. The number of aromatic nitrogens is 4. The number of amides is 3. The highest BCUT2D eigenvalue weighted by Gasteiger charge is 2.25. The predicted molar refractivity (Wildman–Crippen MR) is 97.4 cm³/mol. The van der Waals surface area contributed by atoms with Crippen molar-refractivity contribution >= 4 is 11.9 Å². The van der Waals surface area contributed by atoms with Gasteiger partial charge in [-0.3, -0.25) is 14.6 Å². The van der Waals surface area contributed by atoms with Gasteiger partial charge in [0.1, 0.15) is 0 Å². The number of nitrogens with zero attached hydrogens (tertiary/aromatic N) is 5. The van der Waals surface area contributed by atoms with E-state index in [1.165, 1.54) is 0 Å². The lowest BCUT2D eigenvalue weighted by molar-refractivity contribution is -0.136. The fourth-order valence-electron chi connectivity index (χ4n) is 3.64. The zero-order chi connectivity index (χ0) is 19.0. The van der Waals surface area contributed by atoms with E-state index in [0.717, 1.165) is 29.1 Å². The minimum absolute atomic E-state index is 0.00137. The molecule has 27 heavy (non-hydrogen) atoms. The van der Waals surface area contributed by atoms with E-state index in [1.807, 2.05) is 29.5 Å². The van der Waals surface area contributed by atoms with Crippen molar-refractivity contribution in [1.82, 2.24) is 35.1 Å². The molecule has 2 aliphatic rings. The average Bonchev–Trinajstić information content (AvgIpc) is 3.30. The summed E-state index contributed by atoms with van der Waals surface area (Å²) in [5, 5.41) is 14.5. The number of H-pyrrole nitrogens is 1. The van der Waals surface area contributed by atoms with Gasteiger partial charge in [0.25, 0.3) is 0 Å². The maximum absolute atomic E-state index is 12.5. The molecule has 0 unspecified atom stereocenters. The van der Waals surface area contributed by atoms with Crippen molar-refractivity contribution in [2.45, 2.75) is 46.4 Å². The summed E-state index contributed by atoms with van der Waals surface area (Å²) >= 11 is 0. The number of aromatic amines is 1. The van der Waals surface area contributed by atoms with Crippen molar-refractivity contribution in [2.24, 2.45) is 5.92 Å². The van der Waals surface area contributed by atoms with Crippen molar-refractivity contribution in [3.63, 3.8) is 0 Å². The largest absolute Gasteiger partial charge is 0.335 e. The Morgan fingerprint density at radius 1 is 1.22 bits per heavy atom. The van der Waals surface area contributed by atoms with Gasteiger partial charge in [0.05, 0.1) is 43.8 Å². The molecule has 0 fully saturated rings. The molecule has 144 valence electrons. The number of carbonyl (C=O) groups is 2. The summed E-state index contributed by atoms with van der Waals surface area (Å²) in [7, 11) is 0. The molecule has 4 rings (SSSR count). The summed E-state index contributed by atoms with van der Waals surface area (Å²) in [6.45, 7) is 7.41. The first-order valence-electron chi connectivity index (χ1n) is 9.39. The van der Waals surface area contributed by atoms with Gasteiger partial charge < -0.3 is 15.1 Å². The smallest absolute Gasteiger partial charge is 0.318 e. The fraction of sp³-hybridized carbons (Fsp3) is 0.556. The minimum atomic E-state index is -0.0931. The van der Waals surface area contributed by atoms with E-state index >= 15 is 0 Å². The SMILES string of the molecule is CC(C)C(=O)N1CCn2nc(CNC(=O)N3CCc4[nH]ncc4C3)cc2C1. The van der Waals surface area contributed by atoms with Crippen LogP contribution in [0.3, 0.4) is 0 Å². The first-order chi connectivity index (χ1) is 13.0. The number of rotatable bonds is 3. The van der Waals surface area contributed by atoms with Gasteiger partial charge in [0.2, 0.25) is 5.91 Å². The topological polar surface area (TPSA) is 99.1 Å². The van der Waals surface area contributed by atoms with Crippen LogP contribution in [0.15, 0.2) is 12.3 Å². The first-order valence-corrected chi connectivity index (χ1v) is 9.39. The summed E-state index contributed by atoms with van der Waals surface area (Å²) < 4.78 is 1.93. The number of hydrogen-bond acceptors (Lipinski definition) is 4. The van der Waals surface area contributed by atoms with Crippen LogP contribution in [-0.2, 0) is 37.4 Å². The van der Waals surface area contributed by atoms with Crippen molar-refractivity contribution in [1.29, 1.82) is 0 Å². The van der Waals surface area contributed by atoms with E-state index in [1.54, 1.807) is 11.1 Å². The standard InChI is InChI=1S/C18H25N7O2/c1-12(2)17(26)23-5-6-25-15(11-23)7-14(22-25)9-19-18(27)24-4-3-16-13(10-24)8-20-21-16/h7-8,12H,3-6,9-11H2,1-2H3,(H,19,27)(H,20,21). The van der Waals surface area contributed by atoms with Crippen LogP contribution in [0, 0.1) is 5.92 Å². The normalized spacial score (nSPS) is 16.3. The van der Waals surface area contributed by atoms with Gasteiger partial charge in [0.15, 0.2) is 0 Å². The van der Waals surface area contributed by atoms with Crippen LogP contribution in [0.2, 0.25) is 0 Å². The van der Waals surface area contributed by atoms with E-state index < -0.39 is 0 Å². The van der Waals surface area contributed by atoms with Crippen molar-refractivity contribution < 1.29 is 9.59 Å². The van der Waals surface area contributed by atoms with Gasteiger partial charge in [-0.1, -0.05) is 13.8 Å². The molecule has 0 saturated heterocycles. The highest BCUT2D eigenvalue weighted by atomic mass is 16.2. The molecule has 2 aromatic rings. The molecule has 9 heteroatoms. The number of urea groups is 1. The second-order valence-corrected chi connectivity index (χ2v) is 7.47. The highest BCUT2D eigenvalue weighted by molar-refractivity contribution is 5.78. The number of fused-ring (bicyclic) bond motifs is 2. The van der Waals surface area contributed by atoms with E-state index in [2.05, 4.69) is 20.6 Å². The summed E-state index contributed by atoms with van der Waals surface area (Å²) in [5.74, 6) is 0.166. The van der Waals surface area contributed by atoms with Crippen LogP contribution in [-0.4, -0.2) is 54.8 Å². The second kappa shape index (κ2) is 7.05. The molecular formula is C18H25N7O2. The minimum Gasteiger partial charge on any atom is -0.335 e. The maximum Gasteiger partial charge on any atom is 0.318 e. The molecule has 0 aromatic carbocycles. The number of hydrogen-bond donors (Lipinski definition) is 2. The highest BCUT2D eigenvalue weighted by Crippen LogP contribution is 2.17. The lowest BCUT2D eigenvalue weighted by Gasteiger charge is -2.29. The van der Waals surface area contributed by atoms with Crippen LogP contribution in [0.1, 0.15) is 36.5 Å². The predicted octanol–water partition coefficient (Wildman–Crippen LogP) is 0.872. The van der Waals surface area contributed by atoms with E-state index in [4.69, 9.17) is 0 Å². The Labute approximate surface area is 157 Å². The summed E-state index contributed by atoms with van der Waals surface area (Å²) in [6.07, 6.45) is 2.57. The quantitative estimate of drug-likeness (QED) is 0.836. The lowest BCUT2D eigenvalue weighted by Crippen LogP contribution is -2.42. The van der Waals surface area contributed by atoms with Crippen molar-refractivity contribution in [3.8, 4) is 0 Å². The Morgan fingerprint density at radius 3 is 2.89 bits per heavy atom. The monoisotopic (exact) mass is 371 g/mol. The van der Waals surface area contributed by atoms with Crippen molar-refractivity contribution in [2.75, 3.05) is 13.1 Å².